The third-order valence-corrected chi connectivity index (χ3v) is 7.78. The molecule has 1 aromatic carbocycles. The Bertz CT molecular complexity index is 1100. The molecule has 3 aromatic rings. The monoisotopic (exact) mass is 479 g/mol. The Kier molecular flexibility index (Phi) is 6.65. The summed E-state index contributed by atoms with van der Waals surface area (Å²) in [6.45, 7) is 6.74. The lowest BCUT2D eigenvalue weighted by molar-refractivity contribution is 0.0257. The first-order chi connectivity index (χ1) is 15.2. The van der Waals surface area contributed by atoms with Gasteiger partial charge in [0.05, 0.1) is 31.1 Å². The minimum absolute atomic E-state index is 0.130. The van der Waals surface area contributed by atoms with Gasteiger partial charge in [0.25, 0.3) is 5.92 Å². The van der Waals surface area contributed by atoms with E-state index in [4.69, 9.17) is 10.1 Å². The van der Waals surface area contributed by atoms with Crippen molar-refractivity contribution in [3.63, 3.8) is 0 Å². The Hall–Kier alpha value is -1.91. The van der Waals surface area contributed by atoms with Crippen LogP contribution >= 0.6 is 21.6 Å². The van der Waals surface area contributed by atoms with E-state index in [9.17, 15) is 8.78 Å². The summed E-state index contributed by atoms with van der Waals surface area (Å²) in [5, 5.41) is 17.8. The van der Waals surface area contributed by atoms with E-state index in [2.05, 4.69) is 31.1 Å². The molecule has 3 heterocycles. The largest absolute Gasteiger partial charge is 0.395 e. The van der Waals surface area contributed by atoms with E-state index in [1.807, 2.05) is 30.3 Å². The van der Waals surface area contributed by atoms with E-state index in [1.54, 1.807) is 31.2 Å². The quantitative estimate of drug-likeness (QED) is 0.387. The zero-order valence-corrected chi connectivity index (χ0v) is 20.0. The molecule has 0 amide bonds. The number of pyridine rings is 1. The molecule has 0 unspecified atom stereocenters. The molecular formula is C22H27F2N5OS2. The number of hydrogen-bond acceptors (Lipinski definition) is 7. The van der Waals surface area contributed by atoms with Gasteiger partial charge in [0, 0.05) is 29.0 Å². The van der Waals surface area contributed by atoms with Crippen molar-refractivity contribution in [2.45, 2.75) is 50.0 Å². The summed E-state index contributed by atoms with van der Waals surface area (Å²) >= 11 is 0. The first kappa shape index (κ1) is 23.3. The van der Waals surface area contributed by atoms with Crippen LogP contribution in [0.4, 0.5) is 14.5 Å². The van der Waals surface area contributed by atoms with Crippen LogP contribution in [-0.2, 0) is 12.0 Å². The number of aliphatic hydroxyl groups excluding tert-OH is 1. The minimum Gasteiger partial charge on any atom is -0.395 e. The van der Waals surface area contributed by atoms with Gasteiger partial charge in [-0.25, -0.2) is 18.4 Å². The predicted octanol–water partition coefficient (Wildman–Crippen LogP) is 4.75. The maximum atomic E-state index is 14.0. The topological polar surface area (TPSA) is 67.1 Å². The maximum absolute atomic E-state index is 14.0. The number of halogens is 2. The van der Waals surface area contributed by atoms with Crippen LogP contribution in [0.1, 0.15) is 38.4 Å². The lowest BCUT2D eigenvalue weighted by Crippen LogP contribution is -2.26. The molecule has 0 saturated carbocycles. The van der Waals surface area contributed by atoms with Crippen LogP contribution in [0.15, 0.2) is 35.2 Å². The highest BCUT2D eigenvalue weighted by atomic mass is 33.1. The number of fused-ring (bicyclic) bond motifs is 1. The van der Waals surface area contributed by atoms with Crippen molar-refractivity contribution in [1.82, 2.24) is 20.0 Å². The van der Waals surface area contributed by atoms with Gasteiger partial charge in [0.1, 0.15) is 0 Å². The molecule has 10 heteroatoms. The van der Waals surface area contributed by atoms with Crippen molar-refractivity contribution < 1.29 is 13.9 Å². The van der Waals surface area contributed by atoms with Crippen molar-refractivity contribution in [2.75, 3.05) is 30.3 Å². The fourth-order valence-electron chi connectivity index (χ4n) is 3.62. The molecule has 0 aliphatic carbocycles. The van der Waals surface area contributed by atoms with Gasteiger partial charge in [-0.05, 0) is 17.7 Å². The maximum Gasteiger partial charge on any atom is 0.266 e. The van der Waals surface area contributed by atoms with E-state index in [1.165, 1.54) is 0 Å². The Balaban J connectivity index is 1.74. The van der Waals surface area contributed by atoms with E-state index in [0.717, 1.165) is 16.2 Å². The standard InChI is InChI=1S/C22H27F2N5OS2/c1-21(2,3)18-12-16(28-9-8-22(23,24)14-28)19-20(25-18)29(27-26-19)13-15-6-4-5-7-17(15)32-31-11-10-30/h4-7,12,30H,8-11,13-14H2,1-3H3. The number of nitrogens with zero attached hydrogens (tertiary/aromatic N) is 5. The highest BCUT2D eigenvalue weighted by Crippen LogP contribution is 2.37. The van der Waals surface area contributed by atoms with Crippen molar-refractivity contribution in [2.24, 2.45) is 0 Å². The number of anilines is 1. The SMILES string of the molecule is CC(C)(C)c1cc(N2CCC(F)(F)C2)c2nnn(Cc3ccccc3SSCCO)c2n1. The van der Waals surface area contributed by atoms with E-state index in [0.29, 0.717) is 29.1 Å². The van der Waals surface area contributed by atoms with Gasteiger partial charge >= 0.3 is 0 Å². The van der Waals surface area contributed by atoms with Gasteiger partial charge in [-0.3, -0.25) is 0 Å². The molecule has 1 aliphatic rings. The first-order valence-electron chi connectivity index (χ1n) is 10.5. The van der Waals surface area contributed by atoms with Crippen molar-refractivity contribution in [1.29, 1.82) is 0 Å². The molecule has 0 radical (unpaired) electrons. The third kappa shape index (κ3) is 5.02. The molecule has 0 bridgehead atoms. The van der Waals surface area contributed by atoms with Gasteiger partial charge in [-0.1, -0.05) is 65.8 Å². The van der Waals surface area contributed by atoms with Crippen LogP contribution in [0.2, 0.25) is 0 Å². The number of hydrogen-bond donors (Lipinski definition) is 1. The summed E-state index contributed by atoms with van der Waals surface area (Å²) < 4.78 is 29.7. The van der Waals surface area contributed by atoms with Crippen LogP contribution in [0.5, 0.6) is 0 Å². The average molecular weight is 480 g/mol. The smallest absolute Gasteiger partial charge is 0.266 e. The van der Waals surface area contributed by atoms with Crippen LogP contribution in [-0.4, -0.2) is 56.5 Å². The van der Waals surface area contributed by atoms with Crippen LogP contribution in [0.3, 0.4) is 0 Å². The molecule has 0 atom stereocenters. The average Bonchev–Trinajstić information content (AvgIpc) is 3.31. The molecule has 1 aliphatic heterocycles. The van der Waals surface area contributed by atoms with Gasteiger partial charge in [-0.2, -0.15) is 0 Å². The zero-order valence-electron chi connectivity index (χ0n) is 18.4. The third-order valence-electron chi connectivity index (χ3n) is 5.35. The molecule has 1 saturated heterocycles. The molecule has 0 spiro atoms. The fraction of sp³-hybridized carbons (Fsp3) is 0.500. The summed E-state index contributed by atoms with van der Waals surface area (Å²) in [4.78, 5) is 7.64. The number of aromatic nitrogens is 4. The van der Waals surface area contributed by atoms with Crippen molar-refractivity contribution in [3.8, 4) is 0 Å². The summed E-state index contributed by atoms with van der Waals surface area (Å²) in [5.74, 6) is -2.05. The van der Waals surface area contributed by atoms with E-state index in [-0.39, 0.29) is 31.5 Å². The predicted molar refractivity (Wildman–Crippen MR) is 127 cm³/mol. The number of benzene rings is 1. The number of rotatable bonds is 7. The molecule has 172 valence electrons. The zero-order chi connectivity index (χ0) is 22.9. The van der Waals surface area contributed by atoms with Gasteiger partial charge in [-0.15, -0.1) is 5.10 Å². The second-order valence-corrected chi connectivity index (χ2v) is 11.4. The molecule has 6 nitrogen and oxygen atoms in total. The molecule has 2 aromatic heterocycles. The minimum atomic E-state index is -2.70. The fourth-order valence-corrected chi connectivity index (χ4v) is 5.62. The van der Waals surface area contributed by atoms with E-state index >= 15 is 0 Å². The van der Waals surface area contributed by atoms with E-state index < -0.39 is 5.92 Å². The Morgan fingerprint density at radius 3 is 2.69 bits per heavy atom. The van der Waals surface area contributed by atoms with Gasteiger partial charge in [0.15, 0.2) is 11.2 Å². The lowest BCUT2D eigenvalue weighted by atomic mass is 9.91. The molecule has 32 heavy (non-hydrogen) atoms. The van der Waals surface area contributed by atoms with Crippen LogP contribution in [0, 0.1) is 0 Å². The summed E-state index contributed by atoms with van der Waals surface area (Å²) in [5.41, 5.74) is 3.45. The highest BCUT2D eigenvalue weighted by Gasteiger charge is 2.39. The summed E-state index contributed by atoms with van der Waals surface area (Å²) in [7, 11) is 3.20. The van der Waals surface area contributed by atoms with Gasteiger partial charge in [0.2, 0.25) is 0 Å². The summed E-state index contributed by atoms with van der Waals surface area (Å²) in [6, 6.07) is 9.91. The second kappa shape index (κ2) is 9.15. The number of alkyl halides is 2. The molecule has 1 fully saturated rings. The highest BCUT2D eigenvalue weighted by molar-refractivity contribution is 8.76. The van der Waals surface area contributed by atoms with Crippen LogP contribution in [0.25, 0.3) is 11.2 Å². The summed E-state index contributed by atoms with van der Waals surface area (Å²) in [6.07, 6.45) is -0.161. The Labute approximate surface area is 194 Å². The van der Waals surface area contributed by atoms with Crippen molar-refractivity contribution >= 4 is 38.4 Å². The Morgan fingerprint density at radius 2 is 2.00 bits per heavy atom. The van der Waals surface area contributed by atoms with Crippen molar-refractivity contribution in [3.05, 3.63) is 41.6 Å². The van der Waals surface area contributed by atoms with Gasteiger partial charge < -0.3 is 10.0 Å². The first-order valence-corrected chi connectivity index (χ1v) is 12.9. The number of aliphatic hydroxyl groups is 1. The van der Waals surface area contributed by atoms with Crippen LogP contribution < -0.4 is 4.90 Å². The molecule has 4 rings (SSSR count). The molecular weight excluding hydrogens is 452 g/mol. The normalized spacial score (nSPS) is 16.2. The second-order valence-electron chi connectivity index (χ2n) is 8.96. The Morgan fingerprint density at radius 1 is 1.22 bits per heavy atom. The lowest BCUT2D eigenvalue weighted by Gasteiger charge is -2.23. The molecule has 1 N–H and O–H groups in total.